The summed E-state index contributed by atoms with van der Waals surface area (Å²) in [4.78, 5) is 23.4. The van der Waals surface area contributed by atoms with E-state index in [1.165, 1.54) is 50.5 Å². The van der Waals surface area contributed by atoms with Gasteiger partial charge in [0.1, 0.15) is 6.54 Å². The molecule has 0 fully saturated rings. The van der Waals surface area contributed by atoms with E-state index >= 15 is 0 Å². The highest BCUT2D eigenvalue weighted by atomic mass is 16.4. The van der Waals surface area contributed by atoms with Crippen molar-refractivity contribution in [2.75, 3.05) is 20.1 Å². The third-order valence-electron chi connectivity index (χ3n) is 3.84. The quantitative estimate of drug-likeness (QED) is 0.371. The Morgan fingerprint density at radius 1 is 0.957 bits per heavy atom. The maximum Gasteiger partial charge on any atom is 0.407 e. The Morgan fingerprint density at radius 3 is 2.04 bits per heavy atom. The molecular formula is C18H34N2O3. The molecule has 0 saturated carbocycles. The lowest BCUT2D eigenvalue weighted by atomic mass is 10.1. The molecule has 5 nitrogen and oxygen atoms in total. The number of carbonyl (C=O) groups excluding carboxylic acids is 1. The van der Waals surface area contributed by atoms with Crippen molar-refractivity contribution in [3.63, 3.8) is 0 Å². The van der Waals surface area contributed by atoms with E-state index in [0.29, 0.717) is 6.54 Å². The Morgan fingerprint density at radius 2 is 1.52 bits per heavy atom. The summed E-state index contributed by atoms with van der Waals surface area (Å²) < 4.78 is 0. The predicted molar refractivity (Wildman–Crippen MR) is 94.6 cm³/mol. The largest absolute Gasteiger partial charge is 0.465 e. The van der Waals surface area contributed by atoms with Crippen molar-refractivity contribution in [3.05, 3.63) is 12.2 Å². The summed E-state index contributed by atoms with van der Waals surface area (Å²) in [5.74, 6) is -0.263. The second-order valence-corrected chi connectivity index (χ2v) is 5.87. The van der Waals surface area contributed by atoms with Gasteiger partial charge < -0.3 is 10.4 Å². The zero-order valence-corrected chi connectivity index (χ0v) is 14.9. The zero-order valence-electron chi connectivity index (χ0n) is 14.9. The number of carboxylic acid groups (broad SMARTS) is 1. The third-order valence-corrected chi connectivity index (χ3v) is 3.84. The van der Waals surface area contributed by atoms with Crippen LogP contribution in [-0.4, -0.2) is 42.1 Å². The summed E-state index contributed by atoms with van der Waals surface area (Å²) in [6.07, 6.45) is 15.1. The average Bonchev–Trinajstić information content (AvgIpc) is 2.54. The van der Waals surface area contributed by atoms with E-state index in [-0.39, 0.29) is 12.5 Å². The molecule has 0 heterocycles. The minimum absolute atomic E-state index is 0.0711. The minimum Gasteiger partial charge on any atom is -0.465 e. The molecule has 0 saturated heterocycles. The molecular weight excluding hydrogens is 292 g/mol. The van der Waals surface area contributed by atoms with Crippen molar-refractivity contribution in [1.29, 1.82) is 0 Å². The second kappa shape index (κ2) is 15.4. The van der Waals surface area contributed by atoms with Crippen LogP contribution < -0.4 is 5.32 Å². The topological polar surface area (TPSA) is 69.6 Å². The highest BCUT2D eigenvalue weighted by Gasteiger charge is 2.14. The van der Waals surface area contributed by atoms with E-state index in [0.717, 1.165) is 25.7 Å². The first-order valence-corrected chi connectivity index (χ1v) is 8.95. The molecule has 0 bridgehead atoms. The van der Waals surface area contributed by atoms with E-state index in [1.54, 1.807) is 0 Å². The van der Waals surface area contributed by atoms with Crippen LogP contribution in [0.2, 0.25) is 0 Å². The van der Waals surface area contributed by atoms with E-state index < -0.39 is 6.09 Å². The highest BCUT2D eigenvalue weighted by Crippen LogP contribution is 2.10. The minimum atomic E-state index is -1.02. The molecule has 0 aromatic heterocycles. The first-order valence-electron chi connectivity index (χ1n) is 8.95. The van der Waals surface area contributed by atoms with Gasteiger partial charge >= 0.3 is 6.09 Å². The molecule has 2 amide bonds. The number of nitrogens with one attached hydrogen (secondary N) is 1. The fourth-order valence-corrected chi connectivity index (χ4v) is 2.40. The molecule has 0 radical (unpaired) electrons. The SMILES string of the molecule is CC/C=C\CCCCCCCCCCN(CC(=O)NC)C(=O)O. The van der Waals surface area contributed by atoms with Crippen LogP contribution in [-0.2, 0) is 4.79 Å². The summed E-state index contributed by atoms with van der Waals surface area (Å²) >= 11 is 0. The molecule has 0 aromatic rings. The van der Waals surface area contributed by atoms with Crippen LogP contribution in [0.3, 0.4) is 0 Å². The Kier molecular flexibility index (Phi) is 14.4. The van der Waals surface area contributed by atoms with E-state index in [1.807, 2.05) is 0 Å². The molecule has 0 aliphatic carbocycles. The van der Waals surface area contributed by atoms with Gasteiger partial charge in [0.25, 0.3) is 0 Å². The highest BCUT2D eigenvalue weighted by molar-refractivity contribution is 5.81. The van der Waals surface area contributed by atoms with Crippen molar-refractivity contribution in [2.45, 2.75) is 71.1 Å². The standard InChI is InChI=1S/C18H34N2O3/c1-3-4-5-6-7-8-9-10-11-12-13-14-15-20(18(22)23)16-17(21)19-2/h4-5H,3,6-16H2,1-2H3,(H,19,21)(H,22,23)/b5-4-. The molecule has 5 heteroatoms. The molecule has 0 unspecified atom stereocenters. The Labute approximate surface area is 141 Å². The van der Waals surface area contributed by atoms with Gasteiger partial charge in [-0.15, -0.1) is 0 Å². The van der Waals surface area contributed by atoms with Gasteiger partial charge in [0.15, 0.2) is 0 Å². The molecule has 0 aliphatic rings. The predicted octanol–water partition coefficient (Wildman–Crippen LogP) is 4.19. The molecule has 23 heavy (non-hydrogen) atoms. The van der Waals surface area contributed by atoms with Gasteiger partial charge in [-0.05, 0) is 25.7 Å². The number of rotatable bonds is 14. The van der Waals surface area contributed by atoms with Gasteiger partial charge in [-0.2, -0.15) is 0 Å². The number of hydrogen-bond donors (Lipinski definition) is 2. The molecule has 0 spiro atoms. The fourth-order valence-electron chi connectivity index (χ4n) is 2.40. The molecule has 134 valence electrons. The van der Waals surface area contributed by atoms with Crippen molar-refractivity contribution in [2.24, 2.45) is 0 Å². The van der Waals surface area contributed by atoms with Crippen LogP contribution in [0.25, 0.3) is 0 Å². The Balaban J connectivity index is 3.47. The first kappa shape index (κ1) is 21.5. The average molecular weight is 326 g/mol. The maximum absolute atomic E-state index is 11.2. The number of allylic oxidation sites excluding steroid dienone is 2. The first-order chi connectivity index (χ1) is 11.1. The van der Waals surface area contributed by atoms with Crippen LogP contribution >= 0.6 is 0 Å². The zero-order chi connectivity index (χ0) is 17.3. The van der Waals surface area contributed by atoms with Gasteiger partial charge in [0.05, 0.1) is 0 Å². The number of likely N-dealkylation sites (N-methyl/N-ethyl adjacent to an activating group) is 1. The number of carbonyl (C=O) groups is 2. The monoisotopic (exact) mass is 326 g/mol. The van der Waals surface area contributed by atoms with Crippen LogP contribution in [0, 0.1) is 0 Å². The number of unbranched alkanes of at least 4 members (excludes halogenated alkanes) is 8. The summed E-state index contributed by atoms with van der Waals surface area (Å²) in [6.45, 7) is 2.52. The van der Waals surface area contributed by atoms with Crippen LogP contribution in [0.15, 0.2) is 12.2 Å². The van der Waals surface area contributed by atoms with Crippen LogP contribution in [0.4, 0.5) is 4.79 Å². The van der Waals surface area contributed by atoms with Gasteiger partial charge in [-0.25, -0.2) is 4.79 Å². The summed E-state index contributed by atoms with van der Waals surface area (Å²) in [5.41, 5.74) is 0. The van der Waals surface area contributed by atoms with Gasteiger partial charge in [0.2, 0.25) is 5.91 Å². The number of hydrogen-bond acceptors (Lipinski definition) is 2. The number of nitrogens with zero attached hydrogens (tertiary/aromatic N) is 1. The van der Waals surface area contributed by atoms with Gasteiger partial charge in [0, 0.05) is 13.6 Å². The van der Waals surface area contributed by atoms with Crippen LogP contribution in [0.5, 0.6) is 0 Å². The number of amides is 2. The molecule has 2 N–H and O–H groups in total. The lowest BCUT2D eigenvalue weighted by Gasteiger charge is -2.17. The lowest BCUT2D eigenvalue weighted by molar-refractivity contribution is -0.121. The van der Waals surface area contributed by atoms with E-state index in [4.69, 9.17) is 5.11 Å². The van der Waals surface area contributed by atoms with E-state index in [9.17, 15) is 9.59 Å². The van der Waals surface area contributed by atoms with Crippen LogP contribution in [0.1, 0.15) is 71.1 Å². The summed E-state index contributed by atoms with van der Waals surface area (Å²) in [5, 5.41) is 11.5. The van der Waals surface area contributed by atoms with Gasteiger partial charge in [-0.1, -0.05) is 57.6 Å². The second-order valence-electron chi connectivity index (χ2n) is 5.87. The molecule has 0 rings (SSSR count). The Bertz CT molecular complexity index is 343. The fraction of sp³-hybridized carbons (Fsp3) is 0.778. The summed E-state index contributed by atoms with van der Waals surface area (Å²) in [6, 6.07) is 0. The maximum atomic E-state index is 11.2. The third kappa shape index (κ3) is 13.8. The van der Waals surface area contributed by atoms with Crippen molar-refractivity contribution in [1.82, 2.24) is 10.2 Å². The normalized spacial score (nSPS) is 10.9. The van der Waals surface area contributed by atoms with Gasteiger partial charge in [-0.3, -0.25) is 9.69 Å². The molecule has 0 aliphatic heterocycles. The van der Waals surface area contributed by atoms with Crippen molar-refractivity contribution < 1.29 is 14.7 Å². The molecule has 0 atom stereocenters. The lowest BCUT2D eigenvalue weighted by Crippen LogP contribution is -2.39. The summed E-state index contributed by atoms with van der Waals surface area (Å²) in [7, 11) is 1.52. The van der Waals surface area contributed by atoms with Crippen molar-refractivity contribution in [3.8, 4) is 0 Å². The Hall–Kier alpha value is -1.52. The van der Waals surface area contributed by atoms with Crippen molar-refractivity contribution >= 4 is 12.0 Å². The molecule has 0 aromatic carbocycles. The van der Waals surface area contributed by atoms with E-state index in [2.05, 4.69) is 24.4 Å². The smallest absolute Gasteiger partial charge is 0.407 e.